The number of nitrogens with two attached hydrogens (primary N) is 1. The fourth-order valence-electron chi connectivity index (χ4n) is 1.39. The normalized spacial score (nSPS) is 9.95. The van der Waals surface area contributed by atoms with Crippen LogP contribution >= 0.6 is 34.6 Å². The molecule has 1 aromatic carbocycles. The predicted molar refractivity (Wildman–Crippen MR) is 84.5 cm³/mol. The number of fused-ring (bicyclic) bond motifs is 1. The number of carbonyl (C=O) groups is 2. The van der Waals surface area contributed by atoms with E-state index in [0.29, 0.717) is 0 Å². The Bertz CT molecular complexity index is 736. The van der Waals surface area contributed by atoms with Crippen molar-refractivity contribution in [3.63, 3.8) is 0 Å². The highest BCUT2D eigenvalue weighted by molar-refractivity contribution is 7.98. The molecule has 2 aromatic heterocycles. The van der Waals surface area contributed by atoms with E-state index in [1.807, 2.05) is 24.4 Å². The highest BCUT2D eigenvalue weighted by atomic mass is 32.2. The molecule has 0 fully saturated rings. The Balaban J connectivity index is 0.000000282. The van der Waals surface area contributed by atoms with Gasteiger partial charge < -0.3 is 5.11 Å². The van der Waals surface area contributed by atoms with Gasteiger partial charge in [0.15, 0.2) is 4.34 Å². The molecule has 21 heavy (non-hydrogen) atoms. The molecule has 0 atom stereocenters. The van der Waals surface area contributed by atoms with Crippen molar-refractivity contribution in [2.45, 2.75) is 4.34 Å². The molecule has 0 unspecified atom stereocenters. The maximum absolute atomic E-state index is 9.00. The minimum absolute atomic E-state index is 0.167. The molecule has 0 saturated heterocycles. The third-order valence-corrected chi connectivity index (χ3v) is 5.03. The van der Waals surface area contributed by atoms with Crippen molar-refractivity contribution in [2.24, 2.45) is 5.14 Å². The highest BCUT2D eigenvalue weighted by Gasteiger charge is 2.09. The van der Waals surface area contributed by atoms with E-state index in [-0.39, 0.29) is 6.29 Å². The number of carboxylic acid groups (broad SMARTS) is 1. The van der Waals surface area contributed by atoms with Gasteiger partial charge in [0.2, 0.25) is 6.29 Å². The Hall–Kier alpha value is -1.81. The number of hydrogen-bond acceptors (Lipinski definition) is 8. The molecule has 0 amide bonds. The number of hydrogen-bond donors (Lipinski definition) is 2. The Morgan fingerprint density at radius 3 is 2.62 bits per heavy atom. The Morgan fingerprint density at radius 1 is 1.33 bits per heavy atom. The molecule has 3 aromatic rings. The van der Waals surface area contributed by atoms with Crippen LogP contribution in [0.1, 0.15) is 0 Å². The van der Waals surface area contributed by atoms with Crippen molar-refractivity contribution in [2.75, 3.05) is 0 Å². The van der Waals surface area contributed by atoms with Gasteiger partial charge in [0.1, 0.15) is 5.01 Å². The van der Waals surface area contributed by atoms with Crippen molar-refractivity contribution < 1.29 is 14.7 Å². The lowest BCUT2D eigenvalue weighted by Crippen LogP contribution is -1.91. The molecular weight excluding hydrogens is 330 g/mol. The first-order valence-corrected chi connectivity index (χ1v) is 8.02. The first-order valence-electron chi connectivity index (χ1n) is 5.50. The zero-order valence-electron chi connectivity index (χ0n) is 10.4. The lowest BCUT2D eigenvalue weighted by Gasteiger charge is -1.84. The first-order chi connectivity index (χ1) is 10.1. The van der Waals surface area contributed by atoms with Crippen molar-refractivity contribution in [3.05, 3.63) is 30.5 Å². The molecule has 0 aliphatic rings. The third kappa shape index (κ3) is 4.08. The minimum Gasteiger partial charge on any atom is -0.476 e. The zero-order valence-corrected chi connectivity index (χ0v) is 12.9. The summed E-state index contributed by atoms with van der Waals surface area (Å²) in [5, 5.41) is 13.8. The summed E-state index contributed by atoms with van der Waals surface area (Å²) >= 11 is 4.43. The molecular formula is C12H9N3O3S3. The summed E-state index contributed by atoms with van der Waals surface area (Å²) < 4.78 is 2.07. The largest absolute Gasteiger partial charge is 0.476 e. The van der Waals surface area contributed by atoms with E-state index < -0.39 is 5.97 Å². The quantitative estimate of drug-likeness (QED) is 0.429. The lowest BCUT2D eigenvalue weighted by atomic mass is 10.3. The van der Waals surface area contributed by atoms with Crippen LogP contribution in [-0.2, 0) is 9.59 Å². The van der Waals surface area contributed by atoms with Crippen LogP contribution < -0.4 is 5.14 Å². The number of aldehydes is 1. The van der Waals surface area contributed by atoms with Gasteiger partial charge in [0.25, 0.3) is 0 Å². The van der Waals surface area contributed by atoms with Crippen LogP contribution in [0.3, 0.4) is 0 Å². The number of aromatic nitrogens is 2. The van der Waals surface area contributed by atoms with Gasteiger partial charge in [0, 0.05) is 6.20 Å². The fraction of sp³-hybridized carbons (Fsp3) is 0. The number of carboxylic acids is 1. The van der Waals surface area contributed by atoms with Crippen molar-refractivity contribution >= 4 is 57.1 Å². The highest BCUT2D eigenvalue weighted by Crippen LogP contribution is 2.34. The van der Waals surface area contributed by atoms with E-state index in [1.54, 1.807) is 22.7 Å². The van der Waals surface area contributed by atoms with Crippen LogP contribution in [0, 0.1) is 0 Å². The second kappa shape index (κ2) is 7.27. The average molecular weight is 339 g/mol. The van der Waals surface area contributed by atoms with Crippen LogP contribution in [0.15, 0.2) is 34.8 Å². The molecule has 9 heteroatoms. The van der Waals surface area contributed by atoms with Crippen LogP contribution in [-0.4, -0.2) is 27.3 Å². The standard InChI is InChI=1S/C10H7N3S3.C2H2O3/c11-16-10-12-5-8(15-10)9-13-6-3-1-2-4-7(6)14-9;3-1-2(4)5/h1-5H,11H2;1H,(H,4,5). The van der Waals surface area contributed by atoms with Gasteiger partial charge in [-0.3, -0.25) is 9.93 Å². The molecule has 108 valence electrons. The molecule has 0 radical (unpaired) electrons. The molecule has 3 rings (SSSR count). The number of thiazole rings is 2. The molecule has 6 nitrogen and oxygen atoms in total. The topological polar surface area (TPSA) is 106 Å². The molecule has 3 N–H and O–H groups in total. The molecule has 0 aliphatic heterocycles. The van der Waals surface area contributed by atoms with Gasteiger partial charge >= 0.3 is 5.97 Å². The second-order valence-corrected chi connectivity index (χ2v) is 6.49. The molecule has 0 aliphatic carbocycles. The van der Waals surface area contributed by atoms with Crippen LogP contribution in [0.2, 0.25) is 0 Å². The number of rotatable bonds is 3. The van der Waals surface area contributed by atoms with E-state index >= 15 is 0 Å². The molecule has 2 heterocycles. The molecule has 0 saturated carbocycles. The number of nitrogens with zero attached hydrogens (tertiary/aromatic N) is 2. The summed E-state index contributed by atoms with van der Waals surface area (Å²) in [6.07, 6.45) is 1.66. The van der Waals surface area contributed by atoms with Gasteiger partial charge in [-0.2, -0.15) is 0 Å². The summed E-state index contributed by atoms with van der Waals surface area (Å²) in [5.41, 5.74) is 1.04. The summed E-state index contributed by atoms with van der Waals surface area (Å²) in [6.45, 7) is 0. The number of aliphatic carboxylic acids is 1. The summed E-state index contributed by atoms with van der Waals surface area (Å²) in [7, 11) is 0. The van der Waals surface area contributed by atoms with Gasteiger partial charge in [0.05, 0.1) is 15.1 Å². The minimum atomic E-state index is -1.43. The zero-order chi connectivity index (χ0) is 15.2. The van der Waals surface area contributed by atoms with Gasteiger partial charge in [-0.05, 0) is 24.1 Å². The Kier molecular flexibility index (Phi) is 5.39. The van der Waals surface area contributed by atoms with Crippen LogP contribution in [0.4, 0.5) is 0 Å². The maximum atomic E-state index is 9.00. The summed E-state index contributed by atoms with van der Waals surface area (Å²) in [6, 6.07) is 8.13. The van der Waals surface area contributed by atoms with E-state index in [1.165, 1.54) is 16.6 Å². The number of benzene rings is 1. The number of para-hydroxylation sites is 1. The summed E-state index contributed by atoms with van der Waals surface area (Å²) in [4.78, 5) is 27.8. The monoisotopic (exact) mass is 339 g/mol. The maximum Gasteiger partial charge on any atom is 0.368 e. The van der Waals surface area contributed by atoms with Crippen molar-refractivity contribution in [1.29, 1.82) is 0 Å². The van der Waals surface area contributed by atoms with Gasteiger partial charge in [-0.15, -0.1) is 22.7 Å². The molecule has 0 bridgehead atoms. The molecule has 0 spiro atoms. The first kappa shape index (κ1) is 15.6. The predicted octanol–water partition coefficient (Wildman–Crippen LogP) is 2.66. The fourth-order valence-corrected chi connectivity index (χ4v) is 3.62. The van der Waals surface area contributed by atoms with Gasteiger partial charge in [-0.25, -0.2) is 14.8 Å². The lowest BCUT2D eigenvalue weighted by molar-refractivity contribution is -0.143. The number of carbonyl (C=O) groups excluding carboxylic acids is 1. The Labute approximate surface area is 131 Å². The third-order valence-electron chi connectivity index (χ3n) is 2.19. The van der Waals surface area contributed by atoms with Crippen LogP contribution in [0.25, 0.3) is 20.1 Å². The van der Waals surface area contributed by atoms with E-state index in [4.69, 9.17) is 19.8 Å². The smallest absolute Gasteiger partial charge is 0.368 e. The second-order valence-electron chi connectivity index (χ2n) is 3.55. The van der Waals surface area contributed by atoms with E-state index in [9.17, 15) is 0 Å². The Morgan fingerprint density at radius 2 is 2.05 bits per heavy atom. The van der Waals surface area contributed by atoms with Crippen LogP contribution in [0.5, 0.6) is 0 Å². The average Bonchev–Trinajstić information content (AvgIpc) is 3.13. The van der Waals surface area contributed by atoms with E-state index in [0.717, 1.165) is 19.7 Å². The van der Waals surface area contributed by atoms with E-state index in [2.05, 4.69) is 16.0 Å². The SMILES string of the molecule is NSc1ncc(-c2nc3ccccc3s2)s1.O=CC(=O)O. The van der Waals surface area contributed by atoms with Crippen molar-refractivity contribution in [1.82, 2.24) is 9.97 Å². The summed E-state index contributed by atoms with van der Waals surface area (Å²) in [5.74, 6) is -1.43. The van der Waals surface area contributed by atoms with Crippen molar-refractivity contribution in [3.8, 4) is 9.88 Å². The van der Waals surface area contributed by atoms with Gasteiger partial charge in [-0.1, -0.05) is 12.1 Å².